The Balaban J connectivity index is 1.59. The maximum Gasteiger partial charge on any atom is 0.238 e. The van der Waals surface area contributed by atoms with Crippen LogP contribution in [-0.2, 0) is 11.3 Å². The Morgan fingerprint density at radius 1 is 1.09 bits per heavy atom. The lowest BCUT2D eigenvalue weighted by Gasteiger charge is -2.21. The predicted octanol–water partition coefficient (Wildman–Crippen LogP) is 3.94. The highest BCUT2D eigenvalue weighted by Gasteiger charge is 2.30. The van der Waals surface area contributed by atoms with Crippen LogP contribution in [0.3, 0.4) is 0 Å². The van der Waals surface area contributed by atoms with Crippen LogP contribution in [0.2, 0.25) is 5.02 Å². The van der Waals surface area contributed by atoms with Crippen LogP contribution in [-0.4, -0.2) is 23.4 Å². The highest BCUT2D eigenvalue weighted by atomic mass is 35.5. The summed E-state index contributed by atoms with van der Waals surface area (Å²) in [5.74, 6) is 0.0343. The summed E-state index contributed by atoms with van der Waals surface area (Å²) in [6, 6.07) is 17.9. The number of amides is 1. The van der Waals surface area contributed by atoms with E-state index in [-0.39, 0.29) is 5.91 Å². The molecule has 0 heterocycles. The van der Waals surface area contributed by atoms with E-state index in [4.69, 9.17) is 11.6 Å². The van der Waals surface area contributed by atoms with Crippen molar-refractivity contribution in [2.45, 2.75) is 25.4 Å². The van der Waals surface area contributed by atoms with Crippen LogP contribution in [0.15, 0.2) is 54.6 Å². The quantitative estimate of drug-likeness (QED) is 0.876. The van der Waals surface area contributed by atoms with Gasteiger partial charge in [0.15, 0.2) is 0 Å². The summed E-state index contributed by atoms with van der Waals surface area (Å²) < 4.78 is 0. The minimum Gasteiger partial charge on any atom is -0.325 e. The summed E-state index contributed by atoms with van der Waals surface area (Å²) in [5, 5.41) is 3.69. The van der Waals surface area contributed by atoms with E-state index in [1.54, 1.807) is 0 Å². The zero-order chi connectivity index (χ0) is 15.4. The lowest BCUT2D eigenvalue weighted by Crippen LogP contribution is -2.34. The molecule has 2 aromatic rings. The summed E-state index contributed by atoms with van der Waals surface area (Å²) in [5.41, 5.74) is 2.03. The van der Waals surface area contributed by atoms with Crippen LogP contribution in [0.1, 0.15) is 18.4 Å². The van der Waals surface area contributed by atoms with E-state index in [1.165, 1.54) is 18.4 Å². The molecule has 0 atom stereocenters. The number of carbonyl (C=O) groups is 1. The molecule has 114 valence electrons. The van der Waals surface area contributed by atoms with Gasteiger partial charge < -0.3 is 5.32 Å². The third kappa shape index (κ3) is 4.33. The third-order valence-corrected chi connectivity index (χ3v) is 4.02. The van der Waals surface area contributed by atoms with Gasteiger partial charge >= 0.3 is 0 Å². The molecule has 3 nitrogen and oxygen atoms in total. The van der Waals surface area contributed by atoms with Gasteiger partial charge in [0.1, 0.15) is 0 Å². The molecule has 2 aromatic carbocycles. The van der Waals surface area contributed by atoms with E-state index in [0.717, 1.165) is 17.3 Å². The molecule has 4 heteroatoms. The van der Waals surface area contributed by atoms with E-state index in [9.17, 15) is 4.79 Å². The minimum absolute atomic E-state index is 0.0343. The van der Waals surface area contributed by atoms with Crippen molar-refractivity contribution in [2.24, 2.45) is 0 Å². The molecule has 1 fully saturated rings. The Morgan fingerprint density at radius 2 is 1.77 bits per heavy atom. The molecule has 0 aromatic heterocycles. The first kappa shape index (κ1) is 15.1. The largest absolute Gasteiger partial charge is 0.325 e. The molecule has 1 aliphatic rings. The number of carbonyl (C=O) groups excluding carboxylic acids is 1. The molecular formula is C18H19ClN2O. The maximum absolute atomic E-state index is 12.2. The lowest BCUT2D eigenvalue weighted by atomic mass is 10.2. The zero-order valence-corrected chi connectivity index (χ0v) is 13.1. The van der Waals surface area contributed by atoms with Crippen molar-refractivity contribution in [1.82, 2.24) is 4.90 Å². The zero-order valence-electron chi connectivity index (χ0n) is 12.3. The van der Waals surface area contributed by atoms with Crippen LogP contribution >= 0.6 is 11.6 Å². The minimum atomic E-state index is 0.0343. The van der Waals surface area contributed by atoms with Gasteiger partial charge in [-0.05, 0) is 42.7 Å². The number of hydrogen-bond donors (Lipinski definition) is 1. The summed E-state index contributed by atoms with van der Waals surface area (Å²) in [7, 11) is 0. The smallest absolute Gasteiger partial charge is 0.238 e. The first-order valence-corrected chi connectivity index (χ1v) is 7.92. The molecule has 1 aliphatic carbocycles. The van der Waals surface area contributed by atoms with E-state index in [1.807, 2.05) is 54.6 Å². The second-order valence-electron chi connectivity index (χ2n) is 5.68. The molecule has 3 rings (SSSR count). The molecule has 0 bridgehead atoms. The fourth-order valence-electron chi connectivity index (χ4n) is 2.48. The van der Waals surface area contributed by atoms with Crippen LogP contribution in [0.4, 0.5) is 5.69 Å². The van der Waals surface area contributed by atoms with Gasteiger partial charge in [-0.25, -0.2) is 0 Å². The summed E-state index contributed by atoms with van der Waals surface area (Å²) in [4.78, 5) is 14.5. The average Bonchev–Trinajstić information content (AvgIpc) is 3.34. The summed E-state index contributed by atoms with van der Waals surface area (Å²) in [6.45, 7) is 1.20. The van der Waals surface area contributed by atoms with Gasteiger partial charge in [-0.2, -0.15) is 0 Å². The molecule has 1 amide bonds. The van der Waals surface area contributed by atoms with Gasteiger partial charge in [0.25, 0.3) is 0 Å². The molecule has 1 N–H and O–H groups in total. The molecule has 0 radical (unpaired) electrons. The van der Waals surface area contributed by atoms with Crippen LogP contribution in [0.5, 0.6) is 0 Å². The number of rotatable bonds is 6. The SMILES string of the molecule is O=C(CN(Cc1ccc(Cl)cc1)C1CC1)Nc1ccccc1. The number of hydrogen-bond acceptors (Lipinski definition) is 2. The fourth-order valence-corrected chi connectivity index (χ4v) is 2.61. The Labute approximate surface area is 135 Å². The molecule has 0 spiro atoms. The fraction of sp³-hybridized carbons (Fsp3) is 0.278. The van der Waals surface area contributed by atoms with Gasteiger partial charge in [0.2, 0.25) is 5.91 Å². The Morgan fingerprint density at radius 3 is 2.41 bits per heavy atom. The van der Waals surface area contributed by atoms with Crippen molar-refractivity contribution >= 4 is 23.2 Å². The number of nitrogens with zero attached hydrogens (tertiary/aromatic N) is 1. The summed E-state index contributed by atoms with van der Waals surface area (Å²) >= 11 is 5.92. The lowest BCUT2D eigenvalue weighted by molar-refractivity contribution is -0.117. The Kier molecular flexibility index (Phi) is 4.76. The first-order valence-electron chi connectivity index (χ1n) is 7.54. The summed E-state index contributed by atoms with van der Waals surface area (Å²) in [6.07, 6.45) is 2.35. The van der Waals surface area contributed by atoms with Crippen LogP contribution in [0, 0.1) is 0 Å². The molecule has 0 aliphatic heterocycles. The highest BCUT2D eigenvalue weighted by Crippen LogP contribution is 2.28. The number of halogens is 1. The van der Waals surface area contributed by atoms with Crippen LogP contribution in [0.25, 0.3) is 0 Å². The molecule has 22 heavy (non-hydrogen) atoms. The van der Waals surface area contributed by atoms with E-state index < -0.39 is 0 Å². The van der Waals surface area contributed by atoms with Crippen molar-refractivity contribution in [3.8, 4) is 0 Å². The van der Waals surface area contributed by atoms with E-state index >= 15 is 0 Å². The number of anilines is 1. The van der Waals surface area contributed by atoms with Gasteiger partial charge in [-0.1, -0.05) is 41.9 Å². The predicted molar refractivity (Wildman–Crippen MR) is 90.0 cm³/mol. The average molecular weight is 315 g/mol. The van der Waals surface area contributed by atoms with Crippen molar-refractivity contribution < 1.29 is 4.79 Å². The normalized spacial score (nSPS) is 14.1. The van der Waals surface area contributed by atoms with E-state index in [2.05, 4.69) is 10.2 Å². The third-order valence-electron chi connectivity index (χ3n) is 3.77. The van der Waals surface area contributed by atoms with Crippen molar-refractivity contribution in [2.75, 3.05) is 11.9 Å². The van der Waals surface area contributed by atoms with Crippen molar-refractivity contribution in [1.29, 1.82) is 0 Å². The maximum atomic E-state index is 12.2. The first-order chi connectivity index (χ1) is 10.7. The Hall–Kier alpha value is -1.84. The highest BCUT2D eigenvalue weighted by molar-refractivity contribution is 6.30. The Bertz CT molecular complexity index is 623. The molecule has 0 saturated heterocycles. The van der Waals surface area contributed by atoms with E-state index in [0.29, 0.717) is 12.6 Å². The standard InChI is InChI=1S/C18H19ClN2O/c19-15-8-6-14(7-9-15)12-21(17-10-11-17)13-18(22)20-16-4-2-1-3-5-16/h1-9,17H,10-13H2,(H,20,22). The topological polar surface area (TPSA) is 32.3 Å². The molecular weight excluding hydrogens is 296 g/mol. The number of benzene rings is 2. The molecule has 1 saturated carbocycles. The molecule has 0 unspecified atom stereocenters. The second kappa shape index (κ2) is 6.95. The number of nitrogens with one attached hydrogen (secondary N) is 1. The van der Waals surface area contributed by atoms with Crippen LogP contribution < -0.4 is 5.32 Å². The van der Waals surface area contributed by atoms with Gasteiger partial charge in [0.05, 0.1) is 6.54 Å². The van der Waals surface area contributed by atoms with Gasteiger partial charge in [0, 0.05) is 23.3 Å². The van der Waals surface area contributed by atoms with Crippen molar-refractivity contribution in [3.63, 3.8) is 0 Å². The number of para-hydroxylation sites is 1. The van der Waals surface area contributed by atoms with Gasteiger partial charge in [-0.3, -0.25) is 9.69 Å². The van der Waals surface area contributed by atoms with Crippen molar-refractivity contribution in [3.05, 3.63) is 65.2 Å². The second-order valence-corrected chi connectivity index (χ2v) is 6.11. The monoisotopic (exact) mass is 314 g/mol. The van der Waals surface area contributed by atoms with Gasteiger partial charge in [-0.15, -0.1) is 0 Å².